The number of nitrogens with zero attached hydrogens (tertiary/aromatic N) is 6. The van der Waals surface area contributed by atoms with Gasteiger partial charge in [0.2, 0.25) is 0 Å². The molecule has 63 heavy (non-hydrogen) atoms. The van der Waals surface area contributed by atoms with Crippen molar-refractivity contribution in [2.45, 2.75) is 96.7 Å². The Morgan fingerprint density at radius 2 is 0.571 bits per heavy atom. The molecule has 0 aliphatic carbocycles. The molecule has 0 radical (unpaired) electrons. The lowest BCUT2D eigenvalue weighted by atomic mass is 10.2. The molecule has 4 heterocycles. The first kappa shape index (κ1) is 48.5. The minimum atomic E-state index is -0.805. The molecule has 342 valence electrons. The van der Waals surface area contributed by atoms with E-state index < -0.39 is 91.0 Å². The number of carbonyl (C=O) groups excluding carboxylic acids is 9. The van der Waals surface area contributed by atoms with Crippen LogP contribution in [-0.2, 0) is 62.6 Å². The van der Waals surface area contributed by atoms with Crippen molar-refractivity contribution < 1.29 is 57.4 Å². The minimum absolute atomic E-state index is 0.0378. The van der Waals surface area contributed by atoms with Gasteiger partial charge in [-0.2, -0.15) is 0 Å². The number of hydrogen-bond acceptors (Lipinski definition) is 15. The smallest absolute Gasteiger partial charge is 0.408 e. The summed E-state index contributed by atoms with van der Waals surface area (Å²) in [5.41, 5.74) is -2.21. The van der Waals surface area contributed by atoms with Crippen molar-refractivity contribution >= 4 is 53.7 Å². The van der Waals surface area contributed by atoms with E-state index in [1.165, 1.54) is 0 Å². The summed E-state index contributed by atoms with van der Waals surface area (Å²) < 4.78 is 17.8. The van der Waals surface area contributed by atoms with Gasteiger partial charge in [-0.1, -0.05) is 38.5 Å². The largest absolute Gasteiger partial charge is 0.428 e. The van der Waals surface area contributed by atoms with Crippen LogP contribution in [0.3, 0.4) is 0 Å². The fraction of sp³-hybridized carbons (Fsp3) is 0.538. The zero-order valence-corrected chi connectivity index (χ0v) is 34.6. The van der Waals surface area contributed by atoms with E-state index >= 15 is 0 Å². The van der Waals surface area contributed by atoms with Gasteiger partial charge < -0.3 is 30.2 Å². The molecule has 9 amide bonds. The van der Waals surface area contributed by atoms with Crippen LogP contribution >= 0.6 is 0 Å². The molecule has 0 atom stereocenters. The zero-order valence-electron chi connectivity index (χ0n) is 34.6. The molecular weight excluding hydrogens is 834 g/mol. The third-order valence-electron chi connectivity index (χ3n) is 9.79. The predicted molar refractivity (Wildman–Crippen MR) is 216 cm³/mol. The summed E-state index contributed by atoms with van der Waals surface area (Å²) in [5.74, 6) is -3.49. The van der Waals surface area contributed by atoms with Crippen LogP contribution in [0.5, 0.6) is 0 Å². The van der Waals surface area contributed by atoms with Gasteiger partial charge in [0.1, 0.15) is 0 Å². The number of hydrogen-bond donors (Lipinski definition) is 3. The van der Waals surface area contributed by atoms with Crippen LogP contribution in [-0.4, -0.2) is 122 Å². The van der Waals surface area contributed by atoms with E-state index in [1.54, 1.807) is 0 Å². The van der Waals surface area contributed by atoms with Crippen LogP contribution < -0.4 is 33.0 Å². The second-order valence-corrected chi connectivity index (χ2v) is 14.3. The molecule has 1 aromatic rings. The highest BCUT2D eigenvalue weighted by atomic mass is 16.6. The maximum atomic E-state index is 13.5. The Kier molecular flexibility index (Phi) is 19.2. The summed E-state index contributed by atoms with van der Waals surface area (Å²) in [6.45, 7) is -0.726. The average Bonchev–Trinajstić information content (AvgIpc) is 3.88. The number of nitrogens with one attached hydrogen (secondary N) is 3. The first-order valence-corrected chi connectivity index (χ1v) is 20.6. The fourth-order valence-electron chi connectivity index (χ4n) is 6.27. The molecule has 0 saturated carbocycles. The van der Waals surface area contributed by atoms with Gasteiger partial charge in [0.05, 0.1) is 0 Å². The maximum Gasteiger partial charge on any atom is 0.408 e. The summed E-state index contributed by atoms with van der Waals surface area (Å²) in [4.78, 5) is 148. The Balaban J connectivity index is 1.21. The maximum absolute atomic E-state index is 13.5. The Morgan fingerprint density at radius 1 is 0.349 bits per heavy atom. The summed E-state index contributed by atoms with van der Waals surface area (Å²) in [7, 11) is 0. The lowest BCUT2D eigenvalue weighted by molar-refractivity contribution is -0.142. The van der Waals surface area contributed by atoms with Crippen LogP contribution in [0, 0.1) is 0 Å². The molecule has 0 spiro atoms. The molecule has 0 saturated heterocycles. The van der Waals surface area contributed by atoms with Gasteiger partial charge in [-0.05, 0) is 38.5 Å². The molecule has 3 aliphatic heterocycles. The normalized spacial score (nSPS) is 14.4. The predicted octanol–water partition coefficient (Wildman–Crippen LogP) is -0.321. The lowest BCUT2D eigenvalue weighted by Crippen LogP contribution is -2.54. The van der Waals surface area contributed by atoms with Crippen molar-refractivity contribution in [3.8, 4) is 0 Å². The van der Waals surface area contributed by atoms with Gasteiger partial charge in [-0.25, -0.2) is 57.2 Å². The molecule has 0 bridgehead atoms. The van der Waals surface area contributed by atoms with Crippen molar-refractivity contribution in [2.75, 3.05) is 39.8 Å². The molecular formula is C39H51N9O15. The van der Waals surface area contributed by atoms with Crippen molar-refractivity contribution in [1.82, 2.24) is 44.4 Å². The van der Waals surface area contributed by atoms with Crippen LogP contribution in [0.25, 0.3) is 0 Å². The topological polar surface area (TPSA) is 293 Å². The highest BCUT2D eigenvalue weighted by Gasteiger charge is 2.26. The van der Waals surface area contributed by atoms with E-state index in [4.69, 9.17) is 14.2 Å². The number of imide groups is 3. The SMILES string of the molecule is O=C(NCCCCCCn1c(=O)n(CCCCCCNC(=O)OCN2C(=O)C=CC2=O)c(=O)n(CCCCCCNC(=O)OCN2C(=O)C=CC2=O)c1=O)OCN1C(=O)C=CC1=O. The number of alkyl carbamates (subject to hydrolysis) is 3. The van der Waals surface area contributed by atoms with E-state index in [0.29, 0.717) is 77.0 Å². The molecule has 24 heteroatoms. The average molecular weight is 886 g/mol. The Morgan fingerprint density at radius 3 is 0.810 bits per heavy atom. The minimum Gasteiger partial charge on any atom is -0.428 e. The van der Waals surface area contributed by atoms with Crippen molar-refractivity contribution in [3.05, 3.63) is 67.9 Å². The van der Waals surface area contributed by atoms with Crippen molar-refractivity contribution in [3.63, 3.8) is 0 Å². The van der Waals surface area contributed by atoms with Crippen LogP contribution in [0.1, 0.15) is 77.0 Å². The van der Waals surface area contributed by atoms with E-state index in [2.05, 4.69) is 16.0 Å². The van der Waals surface area contributed by atoms with Crippen molar-refractivity contribution in [2.24, 2.45) is 0 Å². The number of unbranched alkanes of at least 4 members (excludes halogenated alkanes) is 9. The number of ether oxygens (including phenoxy) is 3. The van der Waals surface area contributed by atoms with Gasteiger partial charge >= 0.3 is 35.3 Å². The summed E-state index contributed by atoms with van der Waals surface area (Å²) in [5, 5.41) is 7.58. The standard InChI is InChI=1S/C39H51N9O15/c49-28-13-14-29(50)46(28)25-61-34(55)40-19-7-1-4-10-22-43-37(58)44(23-11-5-2-8-20-41-35(56)62-26-47-30(51)15-16-31(47)52)39(60)45(38(43)59)24-12-6-3-9-21-42-36(57)63-27-48-32(53)17-18-33(48)54/h13-18H,1-12,19-27H2,(H,40,55)(H,41,56)(H,42,57). The van der Waals surface area contributed by atoms with Gasteiger partial charge in [0.25, 0.3) is 35.4 Å². The first-order chi connectivity index (χ1) is 30.3. The number of rotatable bonds is 27. The van der Waals surface area contributed by atoms with Gasteiger partial charge in [-0.15, -0.1) is 0 Å². The van der Waals surface area contributed by atoms with E-state index in [0.717, 1.165) is 64.9 Å². The van der Waals surface area contributed by atoms with E-state index in [9.17, 15) is 57.5 Å². The summed E-state index contributed by atoms with van der Waals surface area (Å²) >= 11 is 0. The second kappa shape index (κ2) is 25.0. The summed E-state index contributed by atoms with van der Waals surface area (Å²) in [6, 6.07) is 0. The Bertz CT molecular complexity index is 1850. The molecule has 24 nitrogen and oxygen atoms in total. The third-order valence-corrected chi connectivity index (χ3v) is 9.79. The molecule has 0 fully saturated rings. The Hall–Kier alpha value is -7.14. The second-order valence-electron chi connectivity index (χ2n) is 14.3. The molecule has 0 aromatic carbocycles. The van der Waals surface area contributed by atoms with E-state index in [1.807, 2.05) is 0 Å². The van der Waals surface area contributed by atoms with Crippen molar-refractivity contribution in [1.29, 1.82) is 0 Å². The molecule has 3 aliphatic rings. The quantitative estimate of drug-likeness (QED) is 0.0580. The first-order valence-electron chi connectivity index (χ1n) is 20.6. The Labute approximate surface area is 359 Å². The van der Waals surface area contributed by atoms with Crippen LogP contribution in [0.4, 0.5) is 14.4 Å². The van der Waals surface area contributed by atoms with Gasteiger partial charge in [0.15, 0.2) is 20.2 Å². The van der Waals surface area contributed by atoms with Crippen LogP contribution in [0.15, 0.2) is 50.8 Å². The lowest BCUT2D eigenvalue weighted by Gasteiger charge is -2.15. The van der Waals surface area contributed by atoms with Gasteiger partial charge in [-0.3, -0.25) is 28.8 Å². The summed E-state index contributed by atoms with van der Waals surface area (Å²) in [6.07, 6.45) is 10.4. The van der Waals surface area contributed by atoms with E-state index in [-0.39, 0.29) is 39.3 Å². The molecule has 0 unspecified atom stereocenters. The van der Waals surface area contributed by atoms with Crippen LogP contribution in [0.2, 0.25) is 0 Å². The van der Waals surface area contributed by atoms with Gasteiger partial charge in [0, 0.05) is 75.7 Å². The third kappa shape index (κ3) is 15.1. The fourth-order valence-corrected chi connectivity index (χ4v) is 6.27. The molecule has 4 rings (SSSR count). The number of aromatic nitrogens is 3. The monoisotopic (exact) mass is 885 g/mol. The molecule has 1 aromatic heterocycles. The zero-order chi connectivity index (χ0) is 45.7. The number of amides is 9. The molecule has 3 N–H and O–H groups in total. The highest BCUT2D eigenvalue weighted by Crippen LogP contribution is 2.07. The number of carbonyl (C=O) groups is 9. The highest BCUT2D eigenvalue weighted by molar-refractivity contribution is 6.14.